The van der Waals surface area contributed by atoms with Crippen LogP contribution in [-0.4, -0.2) is 35.1 Å². The van der Waals surface area contributed by atoms with E-state index in [0.717, 1.165) is 16.0 Å². The van der Waals surface area contributed by atoms with Crippen LogP contribution >= 0.6 is 0 Å². The number of hydrogen-bond donors (Lipinski definition) is 2. The smallest absolute Gasteiger partial charge is 0.325 e. The molecule has 3 aromatic rings. The molecule has 1 aliphatic heterocycles. The Morgan fingerprint density at radius 3 is 2.20 bits per heavy atom. The van der Waals surface area contributed by atoms with Crippen molar-refractivity contribution in [2.75, 3.05) is 11.9 Å². The summed E-state index contributed by atoms with van der Waals surface area (Å²) in [6.45, 7) is 5.28. The lowest BCUT2D eigenvalue weighted by Crippen LogP contribution is -2.45. The maximum absolute atomic E-state index is 13.9. The zero-order valence-electron chi connectivity index (χ0n) is 19.9. The molecular weight excluding hydrogens is 442 g/mol. The van der Waals surface area contributed by atoms with Gasteiger partial charge in [0.25, 0.3) is 5.91 Å². The molecule has 1 saturated heterocycles. The van der Waals surface area contributed by atoms with Gasteiger partial charge in [0.05, 0.1) is 6.54 Å². The number of rotatable bonds is 7. The fraction of sp³-hybridized carbons (Fsp3) is 0.214. The van der Waals surface area contributed by atoms with Crippen LogP contribution in [0.3, 0.4) is 0 Å². The van der Waals surface area contributed by atoms with E-state index < -0.39 is 24.0 Å². The van der Waals surface area contributed by atoms with Crippen molar-refractivity contribution in [3.8, 4) is 0 Å². The molecule has 7 nitrogen and oxygen atoms in total. The highest BCUT2D eigenvalue weighted by Crippen LogP contribution is 2.37. The van der Waals surface area contributed by atoms with Crippen molar-refractivity contribution >= 4 is 29.3 Å². The highest BCUT2D eigenvalue weighted by Gasteiger charge is 2.54. The summed E-state index contributed by atoms with van der Waals surface area (Å²) < 4.78 is 0. The Morgan fingerprint density at radius 2 is 1.57 bits per heavy atom. The third-order valence-electron chi connectivity index (χ3n) is 6.37. The molecular formula is C28H27N3O4. The number of ketones is 1. The molecule has 4 rings (SSSR count). The Hall–Kier alpha value is -4.26. The number of imide groups is 1. The highest BCUT2D eigenvalue weighted by atomic mass is 16.2. The van der Waals surface area contributed by atoms with E-state index in [1.54, 1.807) is 43.3 Å². The third-order valence-corrected chi connectivity index (χ3v) is 6.37. The van der Waals surface area contributed by atoms with Crippen LogP contribution in [0.2, 0.25) is 0 Å². The lowest BCUT2D eigenvalue weighted by Gasteiger charge is -2.28. The number of Topliss-reactive ketones (excluding diaryl/α,β-unsaturated/α-hetero) is 1. The number of nitrogens with one attached hydrogen (secondary N) is 2. The van der Waals surface area contributed by atoms with Gasteiger partial charge in [0.1, 0.15) is 0 Å². The molecule has 4 amide bonds. The van der Waals surface area contributed by atoms with Gasteiger partial charge in [0.15, 0.2) is 11.3 Å². The summed E-state index contributed by atoms with van der Waals surface area (Å²) in [5, 5.41) is 5.60. The Kier molecular flexibility index (Phi) is 6.51. The summed E-state index contributed by atoms with van der Waals surface area (Å²) >= 11 is 0. The predicted molar refractivity (Wildman–Crippen MR) is 133 cm³/mol. The number of anilines is 1. The van der Waals surface area contributed by atoms with E-state index in [1.807, 2.05) is 50.2 Å². The van der Waals surface area contributed by atoms with Crippen molar-refractivity contribution in [1.82, 2.24) is 10.2 Å². The summed E-state index contributed by atoms with van der Waals surface area (Å²) in [7, 11) is 0. The van der Waals surface area contributed by atoms with Gasteiger partial charge in [-0.2, -0.15) is 0 Å². The Morgan fingerprint density at radius 1 is 0.886 bits per heavy atom. The van der Waals surface area contributed by atoms with Gasteiger partial charge < -0.3 is 10.6 Å². The molecule has 7 heteroatoms. The predicted octanol–water partition coefficient (Wildman–Crippen LogP) is 4.33. The summed E-state index contributed by atoms with van der Waals surface area (Å²) in [6, 6.07) is 20.5. The second-order valence-electron chi connectivity index (χ2n) is 8.64. The molecule has 3 aromatic carbocycles. The molecule has 1 atom stereocenters. The molecule has 0 aliphatic carbocycles. The van der Waals surface area contributed by atoms with Gasteiger partial charge in [0.2, 0.25) is 5.91 Å². The highest BCUT2D eigenvalue weighted by molar-refractivity contribution is 6.13. The molecule has 0 saturated carbocycles. The van der Waals surface area contributed by atoms with Crippen LogP contribution in [0.25, 0.3) is 0 Å². The lowest BCUT2D eigenvalue weighted by atomic mass is 9.81. The maximum Gasteiger partial charge on any atom is 0.325 e. The minimum atomic E-state index is -1.43. The SMILES string of the molecule is CCC(=O)Nc1ccc(C(=O)CN2C(=O)NC(c3ccccc3)(c3ccc(C)c(C)c3)C2=O)cc1. The standard InChI is InChI=1S/C28H27N3O4/c1-4-25(33)29-23-14-11-20(12-15-23)24(32)17-31-26(34)28(30-27(31)35,21-8-6-5-7-9-21)22-13-10-18(2)19(3)16-22/h5-16H,4,17H2,1-3H3,(H,29,33)(H,30,35). The van der Waals surface area contributed by atoms with Crippen molar-refractivity contribution in [1.29, 1.82) is 0 Å². The normalized spacial score (nSPS) is 17.3. The summed E-state index contributed by atoms with van der Waals surface area (Å²) in [5.41, 5.74) is 2.79. The minimum Gasteiger partial charge on any atom is -0.326 e. The summed E-state index contributed by atoms with van der Waals surface area (Å²) in [5.74, 6) is -1.02. The first-order valence-electron chi connectivity index (χ1n) is 11.5. The Bertz CT molecular complexity index is 1300. The largest absolute Gasteiger partial charge is 0.326 e. The van der Waals surface area contributed by atoms with Crippen LogP contribution < -0.4 is 10.6 Å². The molecule has 1 fully saturated rings. The van der Waals surface area contributed by atoms with Gasteiger partial charge in [-0.05, 0) is 60.4 Å². The average molecular weight is 470 g/mol. The number of hydrogen-bond acceptors (Lipinski definition) is 4. The van der Waals surface area contributed by atoms with E-state index in [9.17, 15) is 19.2 Å². The Balaban J connectivity index is 1.65. The van der Waals surface area contributed by atoms with E-state index in [4.69, 9.17) is 0 Å². The van der Waals surface area contributed by atoms with Gasteiger partial charge in [0, 0.05) is 17.7 Å². The zero-order valence-corrected chi connectivity index (χ0v) is 19.9. The molecule has 0 bridgehead atoms. The number of nitrogens with zero attached hydrogens (tertiary/aromatic N) is 1. The first kappa shape index (κ1) is 23.9. The molecule has 178 valence electrons. The van der Waals surface area contributed by atoms with Crippen LogP contribution in [0.1, 0.15) is 46.0 Å². The van der Waals surface area contributed by atoms with E-state index >= 15 is 0 Å². The number of urea groups is 1. The fourth-order valence-electron chi connectivity index (χ4n) is 4.16. The van der Waals surface area contributed by atoms with Crippen molar-refractivity contribution in [2.45, 2.75) is 32.7 Å². The molecule has 1 unspecified atom stereocenters. The monoisotopic (exact) mass is 469 g/mol. The Labute approximate surface area is 204 Å². The van der Waals surface area contributed by atoms with E-state index in [0.29, 0.717) is 28.8 Å². The van der Waals surface area contributed by atoms with Crippen LogP contribution in [0, 0.1) is 13.8 Å². The number of aryl methyl sites for hydroxylation is 2. The van der Waals surface area contributed by atoms with E-state index in [1.165, 1.54) is 0 Å². The quantitative estimate of drug-likeness (QED) is 0.398. The molecule has 35 heavy (non-hydrogen) atoms. The fourth-order valence-corrected chi connectivity index (χ4v) is 4.16. The second kappa shape index (κ2) is 9.54. The van der Waals surface area contributed by atoms with E-state index in [2.05, 4.69) is 10.6 Å². The van der Waals surface area contributed by atoms with Crippen molar-refractivity contribution in [3.05, 3.63) is 101 Å². The summed E-state index contributed by atoms with van der Waals surface area (Å²) in [4.78, 5) is 52.5. The van der Waals surface area contributed by atoms with Gasteiger partial charge in [-0.15, -0.1) is 0 Å². The molecule has 0 radical (unpaired) electrons. The van der Waals surface area contributed by atoms with Gasteiger partial charge in [-0.3, -0.25) is 19.3 Å². The topological polar surface area (TPSA) is 95.6 Å². The molecule has 1 aliphatic rings. The molecule has 2 N–H and O–H groups in total. The average Bonchev–Trinajstić information content (AvgIpc) is 3.12. The molecule has 0 spiro atoms. The third kappa shape index (κ3) is 4.45. The van der Waals surface area contributed by atoms with Gasteiger partial charge >= 0.3 is 6.03 Å². The van der Waals surface area contributed by atoms with Crippen molar-refractivity contribution < 1.29 is 19.2 Å². The first-order valence-corrected chi connectivity index (χ1v) is 11.5. The number of carbonyl (C=O) groups excluding carboxylic acids is 4. The zero-order chi connectivity index (χ0) is 25.2. The maximum atomic E-state index is 13.9. The van der Waals surface area contributed by atoms with Crippen molar-refractivity contribution in [3.63, 3.8) is 0 Å². The number of amides is 4. The van der Waals surface area contributed by atoms with Crippen molar-refractivity contribution in [2.24, 2.45) is 0 Å². The number of carbonyl (C=O) groups is 4. The van der Waals surface area contributed by atoms with Crippen LogP contribution in [0.15, 0.2) is 72.8 Å². The number of benzene rings is 3. The van der Waals surface area contributed by atoms with Crippen LogP contribution in [0.5, 0.6) is 0 Å². The minimum absolute atomic E-state index is 0.132. The van der Waals surface area contributed by atoms with Crippen LogP contribution in [-0.2, 0) is 15.1 Å². The van der Waals surface area contributed by atoms with Crippen LogP contribution in [0.4, 0.5) is 10.5 Å². The molecule has 0 aromatic heterocycles. The van der Waals surface area contributed by atoms with Gasteiger partial charge in [-0.1, -0.05) is 55.5 Å². The second-order valence-corrected chi connectivity index (χ2v) is 8.64. The molecule has 1 heterocycles. The lowest BCUT2D eigenvalue weighted by molar-refractivity contribution is -0.130. The first-order chi connectivity index (χ1) is 16.8. The van der Waals surface area contributed by atoms with Gasteiger partial charge in [-0.25, -0.2) is 4.79 Å². The van der Waals surface area contributed by atoms with E-state index in [-0.39, 0.29) is 11.7 Å². The summed E-state index contributed by atoms with van der Waals surface area (Å²) in [6.07, 6.45) is 0.344.